The van der Waals surface area contributed by atoms with E-state index in [-0.39, 0.29) is 5.82 Å². The molecule has 2 aromatic rings. The Hall–Kier alpha value is -1.68. The fourth-order valence-corrected chi connectivity index (χ4v) is 2.41. The van der Waals surface area contributed by atoms with E-state index < -0.39 is 0 Å². The van der Waals surface area contributed by atoms with Crippen LogP contribution in [0.3, 0.4) is 0 Å². The third-order valence-corrected chi connectivity index (χ3v) is 3.41. The minimum absolute atomic E-state index is 0.260. The summed E-state index contributed by atoms with van der Waals surface area (Å²) in [5, 5.41) is 0.413. The second kappa shape index (κ2) is 5.13. The molecule has 0 amide bonds. The zero-order chi connectivity index (χ0) is 13.2. The Bertz CT molecular complexity index is 580. The molecule has 1 aromatic heterocycles. The topological polar surface area (TPSA) is 29.0 Å². The van der Waals surface area contributed by atoms with Crippen molar-refractivity contribution >= 4 is 17.5 Å². The van der Waals surface area contributed by atoms with Gasteiger partial charge in [-0.1, -0.05) is 11.6 Å². The van der Waals surface area contributed by atoms with Crippen LogP contribution in [0.4, 0.5) is 10.3 Å². The van der Waals surface area contributed by atoms with Gasteiger partial charge in [-0.25, -0.2) is 14.4 Å². The van der Waals surface area contributed by atoms with E-state index in [4.69, 9.17) is 11.6 Å². The van der Waals surface area contributed by atoms with Crippen LogP contribution in [0.15, 0.2) is 30.3 Å². The van der Waals surface area contributed by atoms with Crippen molar-refractivity contribution in [2.45, 2.75) is 12.8 Å². The first-order chi connectivity index (χ1) is 9.22. The SMILES string of the molecule is Fc1ccc(-c2cc(Cl)nc(N3CCCC3)n2)cc1. The lowest BCUT2D eigenvalue weighted by Gasteiger charge is -2.16. The molecule has 1 aliphatic heterocycles. The molecule has 1 fully saturated rings. The fraction of sp³-hybridized carbons (Fsp3) is 0.286. The van der Waals surface area contributed by atoms with Crippen LogP contribution in [0.25, 0.3) is 11.3 Å². The van der Waals surface area contributed by atoms with Crippen LogP contribution in [0.1, 0.15) is 12.8 Å². The zero-order valence-corrected chi connectivity index (χ0v) is 11.1. The van der Waals surface area contributed by atoms with Crippen molar-refractivity contribution in [3.8, 4) is 11.3 Å². The predicted molar refractivity (Wildman–Crippen MR) is 73.9 cm³/mol. The standard InChI is InChI=1S/C14H13ClFN3/c15-13-9-12(10-3-5-11(16)6-4-10)17-14(18-13)19-7-1-2-8-19/h3-6,9H,1-2,7-8H2. The largest absolute Gasteiger partial charge is 0.341 e. The second-order valence-electron chi connectivity index (χ2n) is 4.58. The van der Waals surface area contributed by atoms with E-state index in [1.165, 1.54) is 12.1 Å². The maximum atomic E-state index is 12.9. The van der Waals surface area contributed by atoms with Gasteiger partial charge in [-0.05, 0) is 37.1 Å². The molecule has 5 heteroatoms. The third kappa shape index (κ3) is 2.68. The summed E-state index contributed by atoms with van der Waals surface area (Å²) < 4.78 is 12.9. The van der Waals surface area contributed by atoms with Gasteiger partial charge in [-0.15, -0.1) is 0 Å². The molecule has 3 nitrogen and oxygen atoms in total. The van der Waals surface area contributed by atoms with Gasteiger partial charge in [0.25, 0.3) is 0 Å². The molecule has 1 aromatic carbocycles. The summed E-state index contributed by atoms with van der Waals surface area (Å²) in [5.74, 6) is 0.396. The van der Waals surface area contributed by atoms with E-state index in [0.717, 1.165) is 37.2 Å². The first-order valence-electron chi connectivity index (χ1n) is 6.28. The van der Waals surface area contributed by atoms with E-state index in [9.17, 15) is 4.39 Å². The highest BCUT2D eigenvalue weighted by Crippen LogP contribution is 2.24. The van der Waals surface area contributed by atoms with Gasteiger partial charge in [0.05, 0.1) is 5.69 Å². The highest BCUT2D eigenvalue weighted by Gasteiger charge is 2.16. The summed E-state index contributed by atoms with van der Waals surface area (Å²) in [6.45, 7) is 1.92. The van der Waals surface area contributed by atoms with Crippen molar-refractivity contribution in [2.75, 3.05) is 18.0 Å². The Kier molecular flexibility index (Phi) is 3.34. The van der Waals surface area contributed by atoms with Crippen LogP contribution in [0, 0.1) is 5.82 Å². The van der Waals surface area contributed by atoms with Gasteiger partial charge in [0.2, 0.25) is 5.95 Å². The van der Waals surface area contributed by atoms with E-state index in [1.54, 1.807) is 18.2 Å². The van der Waals surface area contributed by atoms with Crippen LogP contribution >= 0.6 is 11.6 Å². The van der Waals surface area contributed by atoms with Gasteiger partial charge in [-0.3, -0.25) is 0 Å². The van der Waals surface area contributed by atoms with Crippen molar-refractivity contribution in [3.63, 3.8) is 0 Å². The van der Waals surface area contributed by atoms with Gasteiger partial charge in [-0.2, -0.15) is 0 Å². The Morgan fingerprint density at radius 1 is 1.05 bits per heavy atom. The highest BCUT2D eigenvalue weighted by molar-refractivity contribution is 6.29. The molecule has 0 atom stereocenters. The van der Waals surface area contributed by atoms with Gasteiger partial charge in [0.1, 0.15) is 11.0 Å². The second-order valence-corrected chi connectivity index (χ2v) is 4.96. The summed E-state index contributed by atoms with van der Waals surface area (Å²) in [4.78, 5) is 10.9. The minimum atomic E-state index is -0.260. The molecule has 0 bridgehead atoms. The zero-order valence-electron chi connectivity index (χ0n) is 10.3. The first-order valence-corrected chi connectivity index (χ1v) is 6.66. The van der Waals surface area contributed by atoms with Crippen LogP contribution in [0.2, 0.25) is 5.15 Å². The lowest BCUT2D eigenvalue weighted by atomic mass is 10.1. The molecule has 19 heavy (non-hydrogen) atoms. The summed E-state index contributed by atoms with van der Waals surface area (Å²) in [5.41, 5.74) is 1.56. The number of benzene rings is 1. The third-order valence-electron chi connectivity index (χ3n) is 3.21. The number of halogens is 2. The quantitative estimate of drug-likeness (QED) is 0.786. The highest BCUT2D eigenvalue weighted by atomic mass is 35.5. The molecule has 2 heterocycles. The van der Waals surface area contributed by atoms with Gasteiger partial charge < -0.3 is 4.90 Å². The molecular weight excluding hydrogens is 265 g/mol. The molecule has 0 aliphatic carbocycles. The average molecular weight is 278 g/mol. The molecule has 3 rings (SSSR count). The molecule has 0 saturated carbocycles. The normalized spacial score (nSPS) is 14.9. The van der Waals surface area contributed by atoms with E-state index in [1.807, 2.05) is 0 Å². The van der Waals surface area contributed by atoms with Crippen molar-refractivity contribution < 1.29 is 4.39 Å². The van der Waals surface area contributed by atoms with Crippen molar-refractivity contribution in [1.29, 1.82) is 0 Å². The smallest absolute Gasteiger partial charge is 0.227 e. The van der Waals surface area contributed by atoms with Crippen molar-refractivity contribution in [3.05, 3.63) is 41.3 Å². The summed E-state index contributed by atoms with van der Waals surface area (Å²) in [7, 11) is 0. The predicted octanol–water partition coefficient (Wildman–Crippen LogP) is 3.54. The van der Waals surface area contributed by atoms with E-state index >= 15 is 0 Å². The Morgan fingerprint density at radius 2 is 1.74 bits per heavy atom. The molecule has 0 spiro atoms. The fourth-order valence-electron chi connectivity index (χ4n) is 2.23. The number of rotatable bonds is 2. The van der Waals surface area contributed by atoms with E-state index in [2.05, 4.69) is 14.9 Å². The summed E-state index contributed by atoms with van der Waals surface area (Å²) >= 11 is 6.06. The van der Waals surface area contributed by atoms with Crippen LogP contribution in [-0.4, -0.2) is 23.1 Å². The Morgan fingerprint density at radius 3 is 2.42 bits per heavy atom. The van der Waals surface area contributed by atoms with Crippen LogP contribution in [-0.2, 0) is 0 Å². The monoisotopic (exact) mass is 277 g/mol. The number of hydrogen-bond acceptors (Lipinski definition) is 3. The van der Waals surface area contributed by atoms with Gasteiger partial charge in [0, 0.05) is 24.7 Å². The van der Waals surface area contributed by atoms with Gasteiger partial charge >= 0.3 is 0 Å². The molecule has 0 N–H and O–H groups in total. The first kappa shape index (κ1) is 12.4. The average Bonchev–Trinajstić information content (AvgIpc) is 2.93. The molecule has 1 saturated heterocycles. The number of hydrogen-bond donors (Lipinski definition) is 0. The molecule has 1 aliphatic rings. The molecule has 0 unspecified atom stereocenters. The Labute approximate surface area is 116 Å². The minimum Gasteiger partial charge on any atom is -0.341 e. The Balaban J connectivity index is 1.99. The van der Waals surface area contributed by atoms with Crippen molar-refractivity contribution in [1.82, 2.24) is 9.97 Å². The number of anilines is 1. The maximum Gasteiger partial charge on any atom is 0.227 e. The van der Waals surface area contributed by atoms with Crippen LogP contribution < -0.4 is 4.90 Å². The number of aromatic nitrogens is 2. The van der Waals surface area contributed by atoms with E-state index in [0.29, 0.717) is 11.1 Å². The lowest BCUT2D eigenvalue weighted by Crippen LogP contribution is -2.20. The molecule has 0 radical (unpaired) electrons. The maximum absolute atomic E-state index is 12.9. The number of nitrogens with zero attached hydrogens (tertiary/aromatic N) is 3. The van der Waals surface area contributed by atoms with Gasteiger partial charge in [0.15, 0.2) is 0 Å². The van der Waals surface area contributed by atoms with Crippen molar-refractivity contribution in [2.24, 2.45) is 0 Å². The summed E-state index contributed by atoms with van der Waals surface area (Å²) in [6.07, 6.45) is 2.31. The molecular formula is C14H13ClFN3. The lowest BCUT2D eigenvalue weighted by molar-refractivity contribution is 0.628. The molecule has 98 valence electrons. The summed E-state index contributed by atoms with van der Waals surface area (Å²) in [6, 6.07) is 7.93. The van der Waals surface area contributed by atoms with Crippen LogP contribution in [0.5, 0.6) is 0 Å².